The highest BCUT2D eigenvalue weighted by atomic mass is 16.7. The molecule has 26 heavy (non-hydrogen) atoms. The Morgan fingerprint density at radius 1 is 1.08 bits per heavy atom. The molecule has 0 radical (unpaired) electrons. The molecule has 140 valence electrons. The first kappa shape index (κ1) is 17.7. The number of carbonyl (C=O) groups is 1. The maximum Gasteiger partial charge on any atom is 0.338 e. The van der Waals surface area contributed by atoms with E-state index in [9.17, 15) is 4.79 Å². The lowest BCUT2D eigenvalue weighted by Crippen LogP contribution is -2.58. The molecular formula is C22H28O4. The van der Waals surface area contributed by atoms with Crippen LogP contribution in [0.4, 0.5) is 0 Å². The minimum Gasteiger partial charge on any atom is -0.458 e. The average molecular weight is 356 g/mol. The second-order valence-corrected chi connectivity index (χ2v) is 8.45. The summed E-state index contributed by atoms with van der Waals surface area (Å²) < 4.78 is 18.2. The standard InChI is InChI=1S/C22H28O4/c1-20(2)17-10-7-11-18(26-19(23)16-8-5-4-6-9-16)21(17,3)12-13-22(20)24-14-15-25-22/h4-6,8-10,18H,7,11-15H2,1-3H3/t18-,21-/m0/s1. The van der Waals surface area contributed by atoms with Crippen LogP contribution in [-0.4, -0.2) is 31.1 Å². The maximum absolute atomic E-state index is 12.6. The lowest BCUT2D eigenvalue weighted by atomic mass is 9.53. The van der Waals surface area contributed by atoms with Crippen molar-refractivity contribution in [2.75, 3.05) is 13.2 Å². The molecule has 0 N–H and O–H groups in total. The molecule has 1 aromatic rings. The van der Waals surface area contributed by atoms with Crippen LogP contribution >= 0.6 is 0 Å². The molecule has 2 atom stereocenters. The molecule has 1 heterocycles. The second-order valence-electron chi connectivity index (χ2n) is 8.45. The van der Waals surface area contributed by atoms with Crippen LogP contribution in [0, 0.1) is 10.8 Å². The van der Waals surface area contributed by atoms with Gasteiger partial charge < -0.3 is 14.2 Å². The SMILES string of the molecule is CC1(C)C2=CCC[C@H](OC(=O)c3ccccc3)[C@@]2(C)CCC12OCCO2. The second kappa shape index (κ2) is 6.21. The Bertz CT molecular complexity index is 715. The van der Waals surface area contributed by atoms with Gasteiger partial charge in [0.25, 0.3) is 0 Å². The van der Waals surface area contributed by atoms with Gasteiger partial charge in [-0.15, -0.1) is 0 Å². The third kappa shape index (κ3) is 2.54. The van der Waals surface area contributed by atoms with Crippen LogP contribution in [0.3, 0.4) is 0 Å². The summed E-state index contributed by atoms with van der Waals surface area (Å²) in [5, 5.41) is 0. The van der Waals surface area contributed by atoms with Crippen LogP contribution in [-0.2, 0) is 14.2 Å². The van der Waals surface area contributed by atoms with E-state index in [-0.39, 0.29) is 22.9 Å². The Hall–Kier alpha value is -1.65. The van der Waals surface area contributed by atoms with Crippen molar-refractivity contribution < 1.29 is 19.0 Å². The van der Waals surface area contributed by atoms with Crippen molar-refractivity contribution in [2.45, 2.75) is 58.3 Å². The van der Waals surface area contributed by atoms with Crippen LogP contribution in [0.25, 0.3) is 0 Å². The minimum absolute atomic E-state index is 0.117. The summed E-state index contributed by atoms with van der Waals surface area (Å²) in [5.74, 6) is -0.770. The lowest BCUT2D eigenvalue weighted by Gasteiger charge is -2.57. The molecule has 3 aliphatic rings. The molecule has 2 aliphatic carbocycles. The van der Waals surface area contributed by atoms with Crippen molar-refractivity contribution in [2.24, 2.45) is 10.8 Å². The van der Waals surface area contributed by atoms with E-state index in [0.717, 1.165) is 25.7 Å². The summed E-state index contributed by atoms with van der Waals surface area (Å²) in [6, 6.07) is 9.26. The van der Waals surface area contributed by atoms with E-state index in [1.165, 1.54) is 5.57 Å². The highest BCUT2D eigenvalue weighted by molar-refractivity contribution is 5.89. The molecule has 4 rings (SSSR count). The number of carbonyl (C=O) groups excluding carboxylic acids is 1. The van der Waals surface area contributed by atoms with E-state index in [4.69, 9.17) is 14.2 Å². The van der Waals surface area contributed by atoms with Gasteiger partial charge in [-0.1, -0.05) is 50.6 Å². The Labute approximate surface area is 155 Å². The highest BCUT2D eigenvalue weighted by Gasteiger charge is 2.62. The number of ether oxygens (including phenoxy) is 3. The first-order valence-corrected chi connectivity index (χ1v) is 9.64. The topological polar surface area (TPSA) is 44.8 Å². The number of hydrogen-bond acceptors (Lipinski definition) is 4. The Balaban J connectivity index is 1.61. The molecule has 4 nitrogen and oxygen atoms in total. The lowest BCUT2D eigenvalue weighted by molar-refractivity contribution is -0.244. The molecular weight excluding hydrogens is 328 g/mol. The van der Waals surface area contributed by atoms with E-state index < -0.39 is 5.79 Å². The number of rotatable bonds is 2. The number of fused-ring (bicyclic) bond motifs is 1. The molecule has 0 unspecified atom stereocenters. The summed E-state index contributed by atoms with van der Waals surface area (Å²) >= 11 is 0. The van der Waals surface area contributed by atoms with E-state index in [1.807, 2.05) is 30.3 Å². The van der Waals surface area contributed by atoms with E-state index in [0.29, 0.717) is 18.8 Å². The summed E-state index contributed by atoms with van der Waals surface area (Å²) in [7, 11) is 0. The Kier molecular flexibility index (Phi) is 4.24. The minimum atomic E-state index is -0.538. The molecule has 1 spiro atoms. The number of hydrogen-bond donors (Lipinski definition) is 0. The van der Waals surface area contributed by atoms with Crippen molar-refractivity contribution in [1.82, 2.24) is 0 Å². The van der Waals surface area contributed by atoms with Gasteiger partial charge in [-0.2, -0.15) is 0 Å². The van der Waals surface area contributed by atoms with Gasteiger partial charge in [0.15, 0.2) is 5.79 Å². The fraction of sp³-hybridized carbons (Fsp3) is 0.591. The van der Waals surface area contributed by atoms with Crippen molar-refractivity contribution in [1.29, 1.82) is 0 Å². The first-order valence-electron chi connectivity index (χ1n) is 9.64. The number of benzene rings is 1. The van der Waals surface area contributed by atoms with Gasteiger partial charge in [0.05, 0.1) is 18.8 Å². The quantitative estimate of drug-likeness (QED) is 0.578. The van der Waals surface area contributed by atoms with Crippen LogP contribution < -0.4 is 0 Å². The van der Waals surface area contributed by atoms with E-state index in [2.05, 4.69) is 26.8 Å². The Morgan fingerprint density at radius 2 is 1.77 bits per heavy atom. The van der Waals surface area contributed by atoms with Gasteiger partial charge >= 0.3 is 5.97 Å². The molecule has 1 aliphatic heterocycles. The molecule has 0 amide bonds. The molecule has 0 bridgehead atoms. The first-order chi connectivity index (χ1) is 12.4. The summed E-state index contributed by atoms with van der Waals surface area (Å²) in [6.07, 6.45) is 5.72. The van der Waals surface area contributed by atoms with Gasteiger partial charge in [0, 0.05) is 17.3 Å². The largest absolute Gasteiger partial charge is 0.458 e. The van der Waals surface area contributed by atoms with Crippen LogP contribution in [0.15, 0.2) is 42.0 Å². The molecule has 1 aromatic carbocycles. The van der Waals surface area contributed by atoms with Crippen molar-refractivity contribution in [3.63, 3.8) is 0 Å². The zero-order valence-corrected chi connectivity index (χ0v) is 15.9. The molecule has 1 saturated carbocycles. The normalized spacial score (nSPS) is 32.0. The fourth-order valence-electron chi connectivity index (χ4n) is 5.23. The van der Waals surface area contributed by atoms with Gasteiger partial charge in [-0.25, -0.2) is 4.79 Å². The third-order valence-electron chi connectivity index (χ3n) is 6.71. The van der Waals surface area contributed by atoms with Crippen LogP contribution in [0.1, 0.15) is 56.8 Å². The maximum atomic E-state index is 12.6. The summed E-state index contributed by atoms with van der Waals surface area (Å²) in [5.41, 5.74) is 1.51. The summed E-state index contributed by atoms with van der Waals surface area (Å²) in [6.45, 7) is 7.97. The van der Waals surface area contributed by atoms with Crippen molar-refractivity contribution >= 4 is 5.97 Å². The van der Waals surface area contributed by atoms with Gasteiger partial charge in [-0.3, -0.25) is 0 Å². The molecule has 2 fully saturated rings. The Morgan fingerprint density at radius 3 is 2.46 bits per heavy atom. The predicted molar refractivity (Wildman–Crippen MR) is 98.7 cm³/mol. The fourth-order valence-corrected chi connectivity index (χ4v) is 5.23. The van der Waals surface area contributed by atoms with Crippen LogP contribution in [0.2, 0.25) is 0 Å². The zero-order valence-electron chi connectivity index (χ0n) is 15.9. The van der Waals surface area contributed by atoms with Gasteiger partial charge in [0.2, 0.25) is 0 Å². The average Bonchev–Trinajstić information content (AvgIpc) is 3.12. The smallest absolute Gasteiger partial charge is 0.338 e. The van der Waals surface area contributed by atoms with Crippen molar-refractivity contribution in [3.05, 3.63) is 47.5 Å². The predicted octanol–water partition coefficient (Wildman–Crippen LogP) is 4.50. The van der Waals surface area contributed by atoms with Gasteiger partial charge in [0.1, 0.15) is 6.10 Å². The van der Waals surface area contributed by atoms with E-state index in [1.54, 1.807) is 0 Å². The zero-order chi connectivity index (χ0) is 18.4. The number of esters is 1. The highest BCUT2D eigenvalue weighted by Crippen LogP contribution is 2.61. The monoisotopic (exact) mass is 356 g/mol. The van der Waals surface area contributed by atoms with Crippen LogP contribution in [0.5, 0.6) is 0 Å². The van der Waals surface area contributed by atoms with Gasteiger partial charge in [-0.05, 0) is 31.4 Å². The molecule has 0 aromatic heterocycles. The number of allylic oxidation sites excluding steroid dienone is 1. The van der Waals surface area contributed by atoms with Crippen molar-refractivity contribution in [3.8, 4) is 0 Å². The molecule has 1 saturated heterocycles. The summed E-state index contributed by atoms with van der Waals surface area (Å²) in [4.78, 5) is 12.6. The third-order valence-corrected chi connectivity index (χ3v) is 6.71. The van der Waals surface area contributed by atoms with E-state index >= 15 is 0 Å². The molecule has 4 heteroatoms.